The molecule has 2 N–H and O–H groups in total. The Bertz CT molecular complexity index is 475. The number of ketones is 1. The molecule has 2 atom stereocenters. The van der Waals surface area contributed by atoms with E-state index in [4.69, 9.17) is 0 Å². The Morgan fingerprint density at radius 3 is 3.12 bits per heavy atom. The van der Waals surface area contributed by atoms with Gasteiger partial charge in [-0.1, -0.05) is 0 Å². The van der Waals surface area contributed by atoms with Crippen molar-refractivity contribution in [2.24, 2.45) is 11.8 Å². The molecule has 0 spiro atoms. The van der Waals surface area contributed by atoms with E-state index in [0.29, 0.717) is 11.6 Å². The Labute approximate surface area is 93.4 Å². The molecule has 1 aromatic heterocycles. The molecule has 0 saturated heterocycles. The van der Waals surface area contributed by atoms with Crippen LogP contribution in [-0.4, -0.2) is 23.7 Å². The number of aromatic amines is 1. The highest BCUT2D eigenvalue weighted by atomic mass is 16.2. The largest absolute Gasteiger partial charge is 0.356 e. The number of rotatable bonds is 1. The minimum Gasteiger partial charge on any atom is -0.356 e. The summed E-state index contributed by atoms with van der Waals surface area (Å²) < 4.78 is 0. The molecule has 0 bridgehead atoms. The Kier molecular flexibility index (Phi) is 1.93. The number of amides is 1. The highest BCUT2D eigenvalue weighted by Crippen LogP contribution is 2.47. The van der Waals surface area contributed by atoms with Crippen LogP contribution in [0.3, 0.4) is 0 Å². The Morgan fingerprint density at radius 2 is 2.38 bits per heavy atom. The molecule has 2 aliphatic carbocycles. The predicted molar refractivity (Wildman–Crippen MR) is 58.4 cm³/mol. The van der Waals surface area contributed by atoms with E-state index in [0.717, 1.165) is 30.4 Å². The number of carbonyl (C=O) groups is 2. The van der Waals surface area contributed by atoms with Gasteiger partial charge in [0.15, 0.2) is 5.78 Å². The summed E-state index contributed by atoms with van der Waals surface area (Å²) >= 11 is 0. The summed E-state index contributed by atoms with van der Waals surface area (Å²) in [6.07, 6.45) is 4.61. The van der Waals surface area contributed by atoms with Crippen molar-refractivity contribution in [3.05, 3.63) is 23.0 Å². The minimum absolute atomic E-state index is 0.135. The lowest BCUT2D eigenvalue weighted by Crippen LogP contribution is -2.20. The molecule has 1 heterocycles. The van der Waals surface area contributed by atoms with Gasteiger partial charge in [-0.15, -0.1) is 0 Å². The van der Waals surface area contributed by atoms with Crippen molar-refractivity contribution in [3.8, 4) is 0 Å². The normalized spacial score (nSPS) is 26.7. The first kappa shape index (κ1) is 9.63. The third-order valence-corrected chi connectivity index (χ3v) is 3.73. The van der Waals surface area contributed by atoms with Crippen molar-refractivity contribution >= 4 is 11.7 Å². The second-order valence-electron chi connectivity index (χ2n) is 4.64. The van der Waals surface area contributed by atoms with E-state index >= 15 is 0 Å². The van der Waals surface area contributed by atoms with Crippen molar-refractivity contribution in [1.82, 2.24) is 10.3 Å². The van der Waals surface area contributed by atoms with Crippen molar-refractivity contribution in [2.75, 3.05) is 7.05 Å². The third-order valence-electron chi connectivity index (χ3n) is 3.73. The summed E-state index contributed by atoms with van der Waals surface area (Å²) in [5.74, 6) is 0.889. The van der Waals surface area contributed by atoms with Crippen molar-refractivity contribution in [2.45, 2.75) is 19.3 Å². The monoisotopic (exact) mass is 218 g/mol. The van der Waals surface area contributed by atoms with Crippen LogP contribution in [-0.2, 0) is 6.42 Å². The first-order chi connectivity index (χ1) is 7.72. The van der Waals surface area contributed by atoms with E-state index in [9.17, 15) is 9.59 Å². The van der Waals surface area contributed by atoms with E-state index in [2.05, 4.69) is 10.3 Å². The molecule has 1 amide bonds. The van der Waals surface area contributed by atoms with Gasteiger partial charge in [-0.05, 0) is 30.7 Å². The van der Waals surface area contributed by atoms with Crippen LogP contribution in [0.5, 0.6) is 0 Å². The smallest absolute Gasteiger partial charge is 0.267 e. The zero-order valence-corrected chi connectivity index (χ0v) is 9.17. The quantitative estimate of drug-likeness (QED) is 0.742. The molecule has 3 rings (SSSR count). The lowest BCUT2D eigenvalue weighted by molar-refractivity contribution is 0.0955. The molecule has 0 aliphatic heterocycles. The molecule has 2 unspecified atom stereocenters. The summed E-state index contributed by atoms with van der Waals surface area (Å²) in [5.41, 5.74) is 2.22. The van der Waals surface area contributed by atoms with Crippen molar-refractivity contribution in [1.29, 1.82) is 0 Å². The first-order valence-corrected chi connectivity index (χ1v) is 5.69. The van der Waals surface area contributed by atoms with Crippen LogP contribution in [0.2, 0.25) is 0 Å². The fourth-order valence-electron chi connectivity index (χ4n) is 2.68. The maximum atomic E-state index is 12.1. The standard InChI is InChI=1S/C12H14N2O2/c1-13-12(16)10-7-3-2-6-4-8(6)11(15)9(7)5-14-10/h5-6,8,14H,2-4H2,1H3,(H,13,16). The highest BCUT2D eigenvalue weighted by molar-refractivity contribution is 6.05. The van der Waals surface area contributed by atoms with Gasteiger partial charge in [-0.25, -0.2) is 0 Å². The molecular formula is C12H14N2O2. The van der Waals surface area contributed by atoms with Gasteiger partial charge in [0.25, 0.3) is 5.91 Å². The van der Waals surface area contributed by atoms with Gasteiger partial charge in [0.2, 0.25) is 0 Å². The molecule has 2 aliphatic rings. The lowest BCUT2D eigenvalue weighted by atomic mass is 10.0. The second-order valence-corrected chi connectivity index (χ2v) is 4.64. The number of carbonyl (C=O) groups excluding carboxylic acids is 2. The molecule has 84 valence electrons. The Hall–Kier alpha value is -1.58. The second kappa shape index (κ2) is 3.20. The molecular weight excluding hydrogens is 204 g/mol. The highest BCUT2D eigenvalue weighted by Gasteiger charge is 2.46. The van der Waals surface area contributed by atoms with Crippen LogP contribution in [0.4, 0.5) is 0 Å². The maximum Gasteiger partial charge on any atom is 0.267 e. The topological polar surface area (TPSA) is 62.0 Å². The summed E-state index contributed by atoms with van der Waals surface area (Å²) in [6, 6.07) is 0. The fourth-order valence-corrected chi connectivity index (χ4v) is 2.68. The maximum absolute atomic E-state index is 12.1. The van der Waals surface area contributed by atoms with Gasteiger partial charge >= 0.3 is 0 Å². The minimum atomic E-state index is -0.135. The fraction of sp³-hybridized carbons (Fsp3) is 0.500. The molecule has 1 saturated carbocycles. The van der Waals surface area contributed by atoms with Gasteiger partial charge in [-0.2, -0.15) is 0 Å². The van der Waals surface area contributed by atoms with Crippen LogP contribution >= 0.6 is 0 Å². The summed E-state index contributed by atoms with van der Waals surface area (Å²) in [5, 5.41) is 2.59. The predicted octanol–water partition coefficient (Wildman–Crippen LogP) is 1.14. The van der Waals surface area contributed by atoms with E-state index in [1.165, 1.54) is 0 Å². The summed E-state index contributed by atoms with van der Waals surface area (Å²) in [7, 11) is 1.60. The van der Waals surface area contributed by atoms with Crippen LogP contribution in [0.15, 0.2) is 6.20 Å². The van der Waals surface area contributed by atoms with E-state index < -0.39 is 0 Å². The number of H-pyrrole nitrogens is 1. The number of hydrogen-bond donors (Lipinski definition) is 2. The van der Waals surface area contributed by atoms with Gasteiger partial charge in [0.1, 0.15) is 5.69 Å². The van der Waals surface area contributed by atoms with E-state index in [1.54, 1.807) is 13.2 Å². The first-order valence-electron chi connectivity index (χ1n) is 5.69. The van der Waals surface area contributed by atoms with E-state index in [1.807, 2.05) is 0 Å². The molecule has 4 heteroatoms. The van der Waals surface area contributed by atoms with Crippen molar-refractivity contribution < 1.29 is 9.59 Å². The van der Waals surface area contributed by atoms with Crippen LogP contribution in [0, 0.1) is 11.8 Å². The van der Waals surface area contributed by atoms with Gasteiger partial charge in [0.05, 0.1) is 0 Å². The van der Waals surface area contributed by atoms with Gasteiger partial charge in [0, 0.05) is 24.7 Å². The summed E-state index contributed by atoms with van der Waals surface area (Å²) in [4.78, 5) is 26.6. The number of aromatic nitrogens is 1. The average molecular weight is 218 g/mol. The number of fused-ring (bicyclic) bond motifs is 2. The molecule has 0 radical (unpaired) electrons. The third kappa shape index (κ3) is 1.22. The van der Waals surface area contributed by atoms with Crippen LogP contribution in [0.25, 0.3) is 0 Å². The zero-order chi connectivity index (χ0) is 11.3. The average Bonchev–Trinajstić information content (AvgIpc) is 2.97. The van der Waals surface area contributed by atoms with Crippen LogP contribution < -0.4 is 5.32 Å². The number of Topliss-reactive ketones (excluding diaryl/α,β-unsaturated/α-hetero) is 1. The molecule has 1 fully saturated rings. The SMILES string of the molecule is CNC(=O)c1[nH]cc2c1CCC1CC1C2=O. The lowest BCUT2D eigenvalue weighted by Gasteiger charge is -2.03. The number of nitrogens with one attached hydrogen (secondary N) is 2. The molecule has 1 aromatic rings. The van der Waals surface area contributed by atoms with E-state index in [-0.39, 0.29) is 17.6 Å². The molecule has 16 heavy (non-hydrogen) atoms. The number of hydrogen-bond acceptors (Lipinski definition) is 2. The Balaban J connectivity index is 2.04. The Morgan fingerprint density at radius 1 is 1.56 bits per heavy atom. The summed E-state index contributed by atoms with van der Waals surface area (Å²) in [6.45, 7) is 0. The van der Waals surface area contributed by atoms with Crippen LogP contribution in [0.1, 0.15) is 39.3 Å². The molecule has 4 nitrogen and oxygen atoms in total. The van der Waals surface area contributed by atoms with Crippen molar-refractivity contribution in [3.63, 3.8) is 0 Å². The zero-order valence-electron chi connectivity index (χ0n) is 9.17. The van der Waals surface area contributed by atoms with Gasteiger partial charge in [-0.3, -0.25) is 9.59 Å². The molecule has 0 aromatic carbocycles. The van der Waals surface area contributed by atoms with Gasteiger partial charge < -0.3 is 10.3 Å².